The van der Waals surface area contributed by atoms with Gasteiger partial charge in [-0.25, -0.2) is 0 Å². The van der Waals surface area contributed by atoms with Crippen molar-refractivity contribution in [3.8, 4) is 28.4 Å². The van der Waals surface area contributed by atoms with E-state index in [1.54, 1.807) is 14.2 Å². The van der Waals surface area contributed by atoms with E-state index in [0.29, 0.717) is 0 Å². The fourth-order valence-corrected chi connectivity index (χ4v) is 2.74. The van der Waals surface area contributed by atoms with Crippen LogP contribution < -0.4 is 9.47 Å². The molecule has 0 saturated heterocycles. The molecule has 0 unspecified atom stereocenters. The lowest BCUT2D eigenvalue weighted by molar-refractivity contribution is 0.415. The fraction of sp³-hybridized carbons (Fsp3) is 0.158. The van der Waals surface area contributed by atoms with E-state index in [0.717, 1.165) is 39.0 Å². The minimum absolute atomic E-state index is 0.277. The van der Waals surface area contributed by atoms with Gasteiger partial charge in [-0.2, -0.15) is 0 Å². The van der Waals surface area contributed by atoms with Crippen LogP contribution in [-0.2, 0) is 0 Å². The molecule has 0 saturated carbocycles. The van der Waals surface area contributed by atoms with E-state index < -0.39 is 0 Å². The number of methoxy groups -OCH3 is 2. The average molecular weight is 294 g/mol. The molecule has 3 aromatic rings. The standard InChI is InChI=1S/C19H18O3/c1-12-10-14-6-9-16(22-3)11-17(14)19(20)18(12)13-4-7-15(21-2)8-5-13/h4-11,20H,1-3H3. The highest BCUT2D eigenvalue weighted by Gasteiger charge is 2.13. The molecule has 112 valence electrons. The summed E-state index contributed by atoms with van der Waals surface area (Å²) in [5, 5.41) is 12.5. The summed E-state index contributed by atoms with van der Waals surface area (Å²) in [7, 11) is 3.26. The van der Waals surface area contributed by atoms with Crippen LogP contribution in [0.15, 0.2) is 48.5 Å². The molecule has 0 bridgehead atoms. The first-order valence-electron chi connectivity index (χ1n) is 7.09. The van der Waals surface area contributed by atoms with Gasteiger partial charge in [0.05, 0.1) is 14.2 Å². The van der Waals surface area contributed by atoms with Crippen molar-refractivity contribution in [3.05, 3.63) is 54.1 Å². The third-order valence-electron chi connectivity index (χ3n) is 3.90. The zero-order chi connectivity index (χ0) is 15.7. The van der Waals surface area contributed by atoms with Crippen molar-refractivity contribution >= 4 is 10.8 Å². The van der Waals surface area contributed by atoms with Gasteiger partial charge in [0.25, 0.3) is 0 Å². The first kappa shape index (κ1) is 14.3. The smallest absolute Gasteiger partial charge is 0.131 e. The number of phenolic OH excluding ortho intramolecular Hbond substituents is 1. The van der Waals surface area contributed by atoms with Gasteiger partial charge in [0, 0.05) is 10.9 Å². The molecule has 0 heterocycles. The molecule has 0 atom stereocenters. The molecule has 3 heteroatoms. The van der Waals surface area contributed by atoms with Gasteiger partial charge >= 0.3 is 0 Å². The topological polar surface area (TPSA) is 38.7 Å². The Morgan fingerprint density at radius 2 is 1.45 bits per heavy atom. The van der Waals surface area contributed by atoms with Gasteiger partial charge in [0.15, 0.2) is 0 Å². The molecule has 0 aliphatic rings. The second-order valence-electron chi connectivity index (χ2n) is 5.23. The number of hydrogen-bond donors (Lipinski definition) is 1. The lowest BCUT2D eigenvalue weighted by Gasteiger charge is -2.13. The van der Waals surface area contributed by atoms with E-state index in [1.807, 2.05) is 49.4 Å². The molecule has 0 spiro atoms. The molecule has 0 radical (unpaired) electrons. The first-order chi connectivity index (χ1) is 10.6. The van der Waals surface area contributed by atoms with E-state index in [-0.39, 0.29) is 5.75 Å². The maximum Gasteiger partial charge on any atom is 0.131 e. The van der Waals surface area contributed by atoms with Crippen LogP contribution >= 0.6 is 0 Å². The molecule has 0 fully saturated rings. The van der Waals surface area contributed by atoms with Crippen molar-refractivity contribution in [2.45, 2.75) is 6.92 Å². The molecule has 0 aliphatic carbocycles. The fourth-order valence-electron chi connectivity index (χ4n) is 2.74. The van der Waals surface area contributed by atoms with Gasteiger partial charge in [-0.05, 0) is 47.7 Å². The van der Waals surface area contributed by atoms with Crippen molar-refractivity contribution in [2.24, 2.45) is 0 Å². The summed E-state index contributed by atoms with van der Waals surface area (Å²) < 4.78 is 10.4. The lowest BCUT2D eigenvalue weighted by Crippen LogP contribution is -1.89. The average Bonchev–Trinajstić information content (AvgIpc) is 2.55. The van der Waals surface area contributed by atoms with Gasteiger partial charge in [-0.1, -0.05) is 24.3 Å². The SMILES string of the molecule is COc1ccc(-c2c(C)cc3ccc(OC)cc3c2O)cc1. The van der Waals surface area contributed by atoms with Crippen molar-refractivity contribution in [3.63, 3.8) is 0 Å². The zero-order valence-electron chi connectivity index (χ0n) is 12.9. The Hall–Kier alpha value is -2.68. The number of aryl methyl sites for hydroxylation is 1. The summed E-state index contributed by atoms with van der Waals surface area (Å²) in [6.45, 7) is 2.00. The summed E-state index contributed by atoms with van der Waals surface area (Å²) in [6.07, 6.45) is 0. The molecule has 0 amide bonds. The minimum Gasteiger partial charge on any atom is -0.507 e. The Balaban J connectivity index is 2.23. The maximum atomic E-state index is 10.7. The third kappa shape index (κ3) is 2.35. The largest absolute Gasteiger partial charge is 0.507 e. The van der Waals surface area contributed by atoms with Crippen molar-refractivity contribution in [2.75, 3.05) is 14.2 Å². The Labute approximate surface area is 129 Å². The number of benzene rings is 3. The number of phenols is 1. The van der Waals surface area contributed by atoms with Crippen molar-refractivity contribution in [1.82, 2.24) is 0 Å². The van der Waals surface area contributed by atoms with E-state index in [4.69, 9.17) is 9.47 Å². The Morgan fingerprint density at radius 1 is 0.818 bits per heavy atom. The zero-order valence-corrected chi connectivity index (χ0v) is 12.9. The molecule has 3 rings (SSSR count). The lowest BCUT2D eigenvalue weighted by atomic mass is 9.95. The van der Waals surface area contributed by atoms with Gasteiger partial charge in [-0.3, -0.25) is 0 Å². The Morgan fingerprint density at radius 3 is 2.09 bits per heavy atom. The van der Waals surface area contributed by atoms with E-state index in [2.05, 4.69) is 6.07 Å². The second-order valence-corrected chi connectivity index (χ2v) is 5.23. The quantitative estimate of drug-likeness (QED) is 0.771. The summed E-state index contributed by atoms with van der Waals surface area (Å²) >= 11 is 0. The van der Waals surface area contributed by atoms with Gasteiger partial charge in [-0.15, -0.1) is 0 Å². The van der Waals surface area contributed by atoms with Gasteiger partial charge in [0.1, 0.15) is 17.2 Å². The van der Waals surface area contributed by atoms with E-state index >= 15 is 0 Å². The number of rotatable bonds is 3. The Bertz CT molecular complexity index is 820. The first-order valence-corrected chi connectivity index (χ1v) is 7.09. The summed E-state index contributed by atoms with van der Waals surface area (Å²) in [6, 6.07) is 15.5. The number of aromatic hydroxyl groups is 1. The van der Waals surface area contributed by atoms with Crippen molar-refractivity contribution in [1.29, 1.82) is 0 Å². The predicted octanol–water partition coefficient (Wildman–Crippen LogP) is 4.54. The van der Waals surface area contributed by atoms with Crippen LogP contribution in [0.4, 0.5) is 0 Å². The highest BCUT2D eigenvalue weighted by atomic mass is 16.5. The molecule has 22 heavy (non-hydrogen) atoms. The molecule has 3 nitrogen and oxygen atoms in total. The molecule has 0 aliphatic heterocycles. The minimum atomic E-state index is 0.277. The van der Waals surface area contributed by atoms with Crippen LogP contribution in [-0.4, -0.2) is 19.3 Å². The predicted molar refractivity (Wildman–Crippen MR) is 88.9 cm³/mol. The Kier molecular flexibility index (Phi) is 3.63. The molecule has 0 aromatic heterocycles. The van der Waals surface area contributed by atoms with Gasteiger partial charge < -0.3 is 14.6 Å². The summed E-state index contributed by atoms with van der Waals surface area (Å²) in [5.41, 5.74) is 2.82. The summed E-state index contributed by atoms with van der Waals surface area (Å²) in [4.78, 5) is 0. The van der Waals surface area contributed by atoms with Crippen LogP contribution in [0.3, 0.4) is 0 Å². The highest BCUT2D eigenvalue weighted by Crippen LogP contribution is 2.40. The molecular weight excluding hydrogens is 276 g/mol. The van der Waals surface area contributed by atoms with Crippen LogP contribution in [0.1, 0.15) is 5.56 Å². The third-order valence-corrected chi connectivity index (χ3v) is 3.90. The molecule has 1 N–H and O–H groups in total. The second kappa shape index (κ2) is 5.60. The highest BCUT2D eigenvalue weighted by molar-refractivity contribution is 5.97. The van der Waals surface area contributed by atoms with Gasteiger partial charge in [0.2, 0.25) is 0 Å². The normalized spacial score (nSPS) is 10.7. The molecular formula is C19H18O3. The van der Waals surface area contributed by atoms with Crippen LogP contribution in [0, 0.1) is 6.92 Å². The van der Waals surface area contributed by atoms with Crippen LogP contribution in [0.5, 0.6) is 17.2 Å². The summed E-state index contributed by atoms with van der Waals surface area (Å²) in [5.74, 6) is 1.80. The maximum absolute atomic E-state index is 10.7. The molecule has 3 aromatic carbocycles. The number of fused-ring (bicyclic) bond motifs is 1. The van der Waals surface area contributed by atoms with E-state index in [9.17, 15) is 5.11 Å². The van der Waals surface area contributed by atoms with Crippen LogP contribution in [0.2, 0.25) is 0 Å². The monoisotopic (exact) mass is 294 g/mol. The number of hydrogen-bond acceptors (Lipinski definition) is 3. The van der Waals surface area contributed by atoms with Crippen LogP contribution in [0.25, 0.3) is 21.9 Å². The van der Waals surface area contributed by atoms with Crippen molar-refractivity contribution < 1.29 is 14.6 Å². The van der Waals surface area contributed by atoms with E-state index in [1.165, 1.54) is 0 Å². The number of ether oxygens (including phenoxy) is 2.